The Morgan fingerprint density at radius 2 is 1.93 bits per heavy atom. The first-order chi connectivity index (χ1) is 13.5. The Bertz CT molecular complexity index is 935. The number of H-pyrrole nitrogens is 1. The van der Waals surface area contributed by atoms with Crippen LogP contribution in [0.2, 0.25) is 0 Å². The van der Waals surface area contributed by atoms with Crippen LogP contribution in [0.1, 0.15) is 60.7 Å². The van der Waals surface area contributed by atoms with Gasteiger partial charge in [-0.25, -0.2) is 15.4 Å². The summed E-state index contributed by atoms with van der Waals surface area (Å²) in [6.45, 7) is 9.80. The van der Waals surface area contributed by atoms with Crippen LogP contribution in [0.3, 0.4) is 0 Å². The zero-order valence-electron chi connectivity index (χ0n) is 16.6. The Kier molecular flexibility index (Phi) is 5.09. The SMILES string of the molecule is Cc1[nH]c(C=C2C(=O)NN=C2c2cncnc2)c(C(C)C)c1CN1CCCC1. The van der Waals surface area contributed by atoms with Gasteiger partial charge in [-0.1, -0.05) is 13.8 Å². The molecule has 2 N–H and O–H groups in total. The maximum Gasteiger partial charge on any atom is 0.273 e. The Hall–Kier alpha value is -2.80. The maximum atomic E-state index is 12.5. The van der Waals surface area contributed by atoms with Crippen molar-refractivity contribution < 1.29 is 4.79 Å². The molecule has 1 saturated heterocycles. The first-order valence-corrected chi connectivity index (χ1v) is 9.83. The number of rotatable bonds is 5. The molecule has 2 aromatic heterocycles. The van der Waals surface area contributed by atoms with Crippen molar-refractivity contribution in [2.24, 2.45) is 5.10 Å². The summed E-state index contributed by atoms with van der Waals surface area (Å²) in [7, 11) is 0. The summed E-state index contributed by atoms with van der Waals surface area (Å²) >= 11 is 0. The number of amides is 1. The number of aryl methyl sites for hydroxylation is 1. The fourth-order valence-electron chi connectivity index (χ4n) is 4.11. The number of nitrogens with one attached hydrogen (secondary N) is 2. The second-order valence-corrected chi connectivity index (χ2v) is 7.78. The molecule has 4 rings (SSSR count). The summed E-state index contributed by atoms with van der Waals surface area (Å²) < 4.78 is 0. The molecule has 0 bridgehead atoms. The minimum atomic E-state index is -0.207. The molecule has 2 aliphatic heterocycles. The molecule has 28 heavy (non-hydrogen) atoms. The fourth-order valence-corrected chi connectivity index (χ4v) is 4.11. The third-order valence-corrected chi connectivity index (χ3v) is 5.44. The minimum absolute atomic E-state index is 0.207. The lowest BCUT2D eigenvalue weighted by Gasteiger charge is -2.17. The number of nitrogens with zero attached hydrogens (tertiary/aromatic N) is 4. The topological polar surface area (TPSA) is 86.3 Å². The summed E-state index contributed by atoms with van der Waals surface area (Å²) in [4.78, 5) is 26.6. The number of carbonyl (C=O) groups is 1. The zero-order chi connectivity index (χ0) is 19.7. The fraction of sp³-hybridized carbons (Fsp3) is 0.429. The van der Waals surface area contributed by atoms with E-state index < -0.39 is 0 Å². The molecular weight excluding hydrogens is 352 g/mol. The van der Waals surface area contributed by atoms with E-state index in [2.05, 4.69) is 51.2 Å². The molecule has 7 heteroatoms. The molecule has 7 nitrogen and oxygen atoms in total. The average Bonchev–Trinajstić information content (AvgIpc) is 3.38. The van der Waals surface area contributed by atoms with Crippen LogP contribution in [0.5, 0.6) is 0 Å². The van der Waals surface area contributed by atoms with E-state index >= 15 is 0 Å². The van der Waals surface area contributed by atoms with Crippen molar-refractivity contribution in [3.05, 3.63) is 52.4 Å². The maximum absolute atomic E-state index is 12.5. The van der Waals surface area contributed by atoms with Gasteiger partial charge in [-0.05, 0) is 56.0 Å². The molecule has 0 saturated carbocycles. The Morgan fingerprint density at radius 3 is 2.61 bits per heavy atom. The molecule has 0 radical (unpaired) electrons. The highest BCUT2D eigenvalue weighted by Crippen LogP contribution is 2.31. The van der Waals surface area contributed by atoms with E-state index in [0.29, 0.717) is 17.2 Å². The first kappa shape index (κ1) is 18.6. The molecule has 0 spiro atoms. The van der Waals surface area contributed by atoms with Gasteiger partial charge >= 0.3 is 0 Å². The van der Waals surface area contributed by atoms with Gasteiger partial charge in [0.25, 0.3) is 5.91 Å². The van der Waals surface area contributed by atoms with Gasteiger partial charge in [0.15, 0.2) is 0 Å². The number of aromatic amines is 1. The summed E-state index contributed by atoms with van der Waals surface area (Å²) in [5, 5.41) is 4.20. The molecule has 146 valence electrons. The van der Waals surface area contributed by atoms with Crippen molar-refractivity contribution in [2.75, 3.05) is 13.1 Å². The number of hydrogen-bond acceptors (Lipinski definition) is 5. The van der Waals surface area contributed by atoms with E-state index in [9.17, 15) is 4.79 Å². The summed E-state index contributed by atoms with van der Waals surface area (Å²) in [5.41, 5.74) is 9.18. The van der Waals surface area contributed by atoms with Gasteiger partial charge in [0.05, 0.1) is 5.57 Å². The number of hydrogen-bond donors (Lipinski definition) is 2. The molecule has 1 amide bonds. The highest BCUT2D eigenvalue weighted by molar-refractivity contribution is 6.33. The molecule has 0 aromatic carbocycles. The van der Waals surface area contributed by atoms with E-state index in [-0.39, 0.29) is 5.91 Å². The molecule has 4 heterocycles. The second-order valence-electron chi connectivity index (χ2n) is 7.78. The highest BCUT2D eigenvalue weighted by atomic mass is 16.2. The van der Waals surface area contributed by atoms with E-state index in [0.717, 1.165) is 30.9 Å². The van der Waals surface area contributed by atoms with E-state index in [1.165, 1.54) is 36.0 Å². The molecule has 1 fully saturated rings. The van der Waals surface area contributed by atoms with Crippen LogP contribution in [0, 0.1) is 6.92 Å². The lowest BCUT2D eigenvalue weighted by Crippen LogP contribution is -2.19. The standard InChI is InChI=1S/C21H26N6O/c1-13(2)19-17(11-27-6-4-5-7-27)14(3)24-18(19)8-16-20(25-26-21(16)28)15-9-22-12-23-10-15/h8-10,12-13,24H,4-7,11H2,1-3H3,(H,26,28). The van der Waals surface area contributed by atoms with Crippen LogP contribution in [0.15, 0.2) is 29.4 Å². The van der Waals surface area contributed by atoms with Gasteiger partial charge in [0.2, 0.25) is 0 Å². The van der Waals surface area contributed by atoms with Crippen LogP contribution in [0.4, 0.5) is 0 Å². The lowest BCUT2D eigenvalue weighted by molar-refractivity contribution is -0.116. The molecule has 2 aromatic rings. The minimum Gasteiger partial charge on any atom is -0.359 e. The Morgan fingerprint density at radius 1 is 1.21 bits per heavy atom. The predicted molar refractivity (Wildman–Crippen MR) is 109 cm³/mol. The molecule has 2 aliphatic rings. The summed E-state index contributed by atoms with van der Waals surface area (Å²) in [5.74, 6) is 0.140. The monoisotopic (exact) mass is 378 g/mol. The van der Waals surface area contributed by atoms with Crippen molar-refractivity contribution in [1.82, 2.24) is 25.3 Å². The van der Waals surface area contributed by atoms with Gasteiger partial charge in [0.1, 0.15) is 12.0 Å². The van der Waals surface area contributed by atoms with Gasteiger partial charge < -0.3 is 4.98 Å². The Labute approximate surface area is 165 Å². The largest absolute Gasteiger partial charge is 0.359 e. The smallest absolute Gasteiger partial charge is 0.273 e. The van der Waals surface area contributed by atoms with Crippen molar-refractivity contribution in [3.8, 4) is 0 Å². The van der Waals surface area contributed by atoms with Gasteiger partial charge in [-0.15, -0.1) is 0 Å². The third kappa shape index (κ3) is 3.49. The van der Waals surface area contributed by atoms with Crippen LogP contribution in [0.25, 0.3) is 6.08 Å². The van der Waals surface area contributed by atoms with Crippen molar-refractivity contribution >= 4 is 17.7 Å². The number of hydrazone groups is 1. The van der Waals surface area contributed by atoms with Crippen LogP contribution in [-0.2, 0) is 11.3 Å². The highest BCUT2D eigenvalue weighted by Gasteiger charge is 2.27. The molecule has 0 unspecified atom stereocenters. The number of likely N-dealkylation sites (tertiary alicyclic amines) is 1. The van der Waals surface area contributed by atoms with Gasteiger partial charge in [0, 0.05) is 35.9 Å². The zero-order valence-corrected chi connectivity index (χ0v) is 16.6. The van der Waals surface area contributed by atoms with Gasteiger partial charge in [-0.3, -0.25) is 9.69 Å². The van der Waals surface area contributed by atoms with E-state index in [1.807, 2.05) is 6.08 Å². The normalized spacial score (nSPS) is 18.9. The van der Waals surface area contributed by atoms with E-state index in [4.69, 9.17) is 0 Å². The van der Waals surface area contributed by atoms with Crippen molar-refractivity contribution in [2.45, 2.75) is 46.1 Å². The molecular formula is C21H26N6O. The summed E-state index contributed by atoms with van der Waals surface area (Å²) in [6.07, 6.45) is 9.27. The Balaban J connectivity index is 1.74. The number of aromatic nitrogens is 3. The average molecular weight is 378 g/mol. The van der Waals surface area contributed by atoms with Crippen LogP contribution >= 0.6 is 0 Å². The quantitative estimate of drug-likeness (QED) is 0.784. The van der Waals surface area contributed by atoms with Crippen LogP contribution in [-0.4, -0.2) is 44.6 Å². The second kappa shape index (κ2) is 7.67. The third-order valence-electron chi connectivity index (χ3n) is 5.44. The van der Waals surface area contributed by atoms with Gasteiger partial charge in [-0.2, -0.15) is 5.10 Å². The molecule has 0 atom stereocenters. The van der Waals surface area contributed by atoms with E-state index in [1.54, 1.807) is 12.4 Å². The number of carbonyl (C=O) groups excluding carboxylic acids is 1. The van der Waals surface area contributed by atoms with Crippen LogP contribution < -0.4 is 5.43 Å². The first-order valence-electron chi connectivity index (χ1n) is 9.83. The molecule has 0 aliphatic carbocycles. The summed E-state index contributed by atoms with van der Waals surface area (Å²) in [6, 6.07) is 0. The van der Waals surface area contributed by atoms with Crippen molar-refractivity contribution in [3.63, 3.8) is 0 Å². The predicted octanol–water partition coefficient (Wildman–Crippen LogP) is 2.75. The lowest BCUT2D eigenvalue weighted by atomic mass is 9.95. The van der Waals surface area contributed by atoms with Crippen molar-refractivity contribution in [1.29, 1.82) is 0 Å².